The third kappa shape index (κ3) is 3.85. The molecule has 4 rings (SSSR count). The van der Waals surface area contributed by atoms with Crippen molar-refractivity contribution in [2.75, 3.05) is 46.4 Å². The first-order valence-electron chi connectivity index (χ1n) is 11.2. The van der Waals surface area contributed by atoms with E-state index in [1.807, 2.05) is 17.2 Å². The zero-order valence-corrected chi connectivity index (χ0v) is 18.3. The molecule has 0 aliphatic carbocycles. The molecule has 1 aromatic heterocycles. The van der Waals surface area contributed by atoms with Gasteiger partial charge in [-0.3, -0.25) is 19.5 Å². The average molecular weight is 415 g/mol. The zero-order chi connectivity index (χ0) is 21.2. The van der Waals surface area contributed by atoms with Crippen molar-refractivity contribution in [2.45, 2.75) is 51.1 Å². The number of piperidine rings is 2. The largest absolute Gasteiger partial charge is 0.375 e. The highest BCUT2D eigenvalue weighted by Crippen LogP contribution is 2.52. The zero-order valence-electron chi connectivity index (χ0n) is 18.3. The first-order chi connectivity index (χ1) is 14.5. The minimum Gasteiger partial charge on any atom is -0.375 e. The Morgan fingerprint density at radius 2 is 1.90 bits per heavy atom. The van der Waals surface area contributed by atoms with Gasteiger partial charge >= 0.3 is 0 Å². The molecule has 0 bridgehead atoms. The maximum atomic E-state index is 13.6. The second-order valence-corrected chi connectivity index (χ2v) is 9.18. The number of likely N-dealkylation sites (tertiary alicyclic amines) is 3. The summed E-state index contributed by atoms with van der Waals surface area (Å²) in [6.07, 6.45) is 8.29. The molecule has 4 heterocycles. The number of carbonyl (C=O) groups excluding carboxylic acids is 2. The van der Waals surface area contributed by atoms with Crippen molar-refractivity contribution in [3.8, 4) is 0 Å². The smallest absolute Gasteiger partial charge is 0.248 e. The van der Waals surface area contributed by atoms with Crippen LogP contribution in [0.15, 0.2) is 24.5 Å². The number of pyridine rings is 1. The molecule has 0 aromatic carbocycles. The predicted octanol–water partition coefficient (Wildman–Crippen LogP) is 1.92. The number of carbonyl (C=O) groups is 2. The Balaban J connectivity index is 1.41. The van der Waals surface area contributed by atoms with Crippen LogP contribution in [-0.4, -0.2) is 83.5 Å². The first kappa shape index (κ1) is 21.2. The molecule has 3 saturated heterocycles. The quantitative estimate of drug-likeness (QED) is 0.737. The lowest BCUT2D eigenvalue weighted by molar-refractivity contribution is -0.142. The standard InChI is InChI=1S/C23H34N4O3/c1-3-27-21(29)22(6-11-25(12-7-22)16-19-5-4-10-24-15-19)18-23(27)8-13-26(14-9-23)20(28)17-30-2/h4-5,10,15H,3,6-9,11-14,16-18H2,1-2H3. The summed E-state index contributed by atoms with van der Waals surface area (Å²) < 4.78 is 5.01. The number of methoxy groups -OCH3 is 1. The molecule has 7 heteroatoms. The fourth-order valence-corrected chi connectivity index (χ4v) is 5.90. The number of ether oxygens (including phenoxy) is 1. The molecule has 0 unspecified atom stereocenters. The Bertz CT molecular complexity index is 753. The number of hydrogen-bond acceptors (Lipinski definition) is 5. The Labute approximate surface area is 179 Å². The van der Waals surface area contributed by atoms with Gasteiger partial charge in [0.15, 0.2) is 0 Å². The van der Waals surface area contributed by atoms with E-state index in [0.717, 1.165) is 71.4 Å². The molecule has 7 nitrogen and oxygen atoms in total. The van der Waals surface area contributed by atoms with Crippen LogP contribution in [0.5, 0.6) is 0 Å². The second-order valence-electron chi connectivity index (χ2n) is 9.18. The molecule has 30 heavy (non-hydrogen) atoms. The van der Waals surface area contributed by atoms with Gasteiger partial charge in [0.25, 0.3) is 0 Å². The Morgan fingerprint density at radius 1 is 1.17 bits per heavy atom. The van der Waals surface area contributed by atoms with E-state index in [9.17, 15) is 9.59 Å². The highest BCUT2D eigenvalue weighted by molar-refractivity contribution is 5.86. The summed E-state index contributed by atoms with van der Waals surface area (Å²) >= 11 is 0. The van der Waals surface area contributed by atoms with Crippen molar-refractivity contribution >= 4 is 11.8 Å². The molecule has 1 aromatic rings. The van der Waals surface area contributed by atoms with Crippen LogP contribution in [0.1, 0.15) is 44.6 Å². The number of rotatable bonds is 5. The lowest BCUT2D eigenvalue weighted by Crippen LogP contribution is -2.54. The molecule has 3 aliphatic rings. The molecular weight excluding hydrogens is 380 g/mol. The van der Waals surface area contributed by atoms with E-state index in [1.165, 1.54) is 5.56 Å². The highest BCUT2D eigenvalue weighted by Gasteiger charge is 2.59. The lowest BCUT2D eigenvalue weighted by Gasteiger charge is -2.45. The molecule has 2 spiro atoms. The van der Waals surface area contributed by atoms with Gasteiger partial charge in [0.2, 0.25) is 11.8 Å². The van der Waals surface area contributed by atoms with E-state index >= 15 is 0 Å². The van der Waals surface area contributed by atoms with Crippen molar-refractivity contribution in [1.29, 1.82) is 0 Å². The molecule has 0 atom stereocenters. The van der Waals surface area contributed by atoms with Gasteiger partial charge < -0.3 is 14.5 Å². The van der Waals surface area contributed by atoms with Crippen molar-refractivity contribution in [2.24, 2.45) is 5.41 Å². The maximum Gasteiger partial charge on any atom is 0.248 e. The summed E-state index contributed by atoms with van der Waals surface area (Å²) in [4.78, 5) is 36.5. The van der Waals surface area contributed by atoms with Crippen LogP contribution in [0, 0.1) is 5.41 Å². The Hall–Kier alpha value is -1.99. The lowest BCUT2D eigenvalue weighted by atomic mass is 9.71. The van der Waals surface area contributed by atoms with Gasteiger partial charge in [-0.2, -0.15) is 0 Å². The summed E-state index contributed by atoms with van der Waals surface area (Å²) in [6.45, 7) is 7.23. The van der Waals surface area contributed by atoms with E-state index < -0.39 is 0 Å². The minimum absolute atomic E-state index is 0.0538. The number of aromatic nitrogens is 1. The summed E-state index contributed by atoms with van der Waals surface area (Å²) in [7, 11) is 1.56. The molecule has 0 saturated carbocycles. The van der Waals surface area contributed by atoms with E-state index in [2.05, 4.69) is 27.8 Å². The van der Waals surface area contributed by atoms with E-state index in [-0.39, 0.29) is 23.5 Å². The summed E-state index contributed by atoms with van der Waals surface area (Å²) in [6, 6.07) is 4.10. The molecule has 3 aliphatic heterocycles. The molecular formula is C23H34N4O3. The molecule has 2 amide bonds. The SMILES string of the molecule is CCN1C(=O)C2(CCN(Cc3cccnc3)CC2)CC12CCN(C(=O)COC)CC2. The van der Waals surface area contributed by atoms with Gasteiger partial charge in [-0.1, -0.05) is 6.07 Å². The molecule has 164 valence electrons. The molecule has 3 fully saturated rings. The fraction of sp³-hybridized carbons (Fsp3) is 0.696. The van der Waals surface area contributed by atoms with Crippen LogP contribution >= 0.6 is 0 Å². The maximum absolute atomic E-state index is 13.6. The Morgan fingerprint density at radius 3 is 2.50 bits per heavy atom. The third-order valence-corrected chi connectivity index (χ3v) is 7.51. The number of nitrogens with zero attached hydrogens (tertiary/aromatic N) is 4. The van der Waals surface area contributed by atoms with Gasteiger partial charge in [-0.05, 0) is 63.7 Å². The van der Waals surface area contributed by atoms with E-state index in [4.69, 9.17) is 4.74 Å². The van der Waals surface area contributed by atoms with Crippen LogP contribution in [0.3, 0.4) is 0 Å². The van der Waals surface area contributed by atoms with Crippen LogP contribution in [0.25, 0.3) is 0 Å². The van der Waals surface area contributed by atoms with Crippen molar-refractivity contribution in [1.82, 2.24) is 19.7 Å². The van der Waals surface area contributed by atoms with Crippen LogP contribution < -0.4 is 0 Å². The topological polar surface area (TPSA) is 66.0 Å². The summed E-state index contributed by atoms with van der Waals surface area (Å²) in [5.41, 5.74) is 0.924. The monoisotopic (exact) mass is 414 g/mol. The highest BCUT2D eigenvalue weighted by atomic mass is 16.5. The first-order valence-corrected chi connectivity index (χ1v) is 11.2. The van der Waals surface area contributed by atoms with Crippen LogP contribution in [-0.2, 0) is 20.9 Å². The molecule has 0 radical (unpaired) electrons. The van der Waals surface area contributed by atoms with Crippen molar-refractivity contribution in [3.05, 3.63) is 30.1 Å². The second kappa shape index (κ2) is 8.63. The van der Waals surface area contributed by atoms with Crippen molar-refractivity contribution in [3.63, 3.8) is 0 Å². The van der Waals surface area contributed by atoms with Crippen molar-refractivity contribution < 1.29 is 14.3 Å². The Kier molecular flexibility index (Phi) is 6.11. The average Bonchev–Trinajstić information content (AvgIpc) is 2.98. The summed E-state index contributed by atoms with van der Waals surface area (Å²) in [5.74, 6) is 0.404. The van der Waals surface area contributed by atoms with Crippen LogP contribution in [0.2, 0.25) is 0 Å². The third-order valence-electron chi connectivity index (χ3n) is 7.51. The minimum atomic E-state index is -0.222. The van der Waals surface area contributed by atoms with Gasteiger partial charge in [0, 0.05) is 51.2 Å². The van der Waals surface area contributed by atoms with E-state index in [1.54, 1.807) is 13.3 Å². The van der Waals surface area contributed by atoms with Gasteiger partial charge in [0.1, 0.15) is 6.61 Å². The number of amides is 2. The fourth-order valence-electron chi connectivity index (χ4n) is 5.90. The normalized spacial score (nSPS) is 23.5. The molecule has 0 N–H and O–H groups in total. The van der Waals surface area contributed by atoms with Gasteiger partial charge in [0.05, 0.1) is 5.41 Å². The van der Waals surface area contributed by atoms with Gasteiger partial charge in [-0.15, -0.1) is 0 Å². The van der Waals surface area contributed by atoms with Crippen LogP contribution in [0.4, 0.5) is 0 Å². The van der Waals surface area contributed by atoms with Gasteiger partial charge in [-0.25, -0.2) is 0 Å². The summed E-state index contributed by atoms with van der Waals surface area (Å²) in [5, 5.41) is 0. The number of hydrogen-bond donors (Lipinski definition) is 0. The predicted molar refractivity (Wildman–Crippen MR) is 114 cm³/mol. The van der Waals surface area contributed by atoms with E-state index in [0.29, 0.717) is 5.91 Å².